The highest BCUT2D eigenvalue weighted by Crippen LogP contribution is 2.36. The van der Waals surface area contributed by atoms with Gasteiger partial charge < -0.3 is 9.84 Å². The molecule has 0 atom stereocenters. The predicted octanol–water partition coefficient (Wildman–Crippen LogP) is 3.24. The third-order valence-corrected chi connectivity index (χ3v) is 2.29. The molecule has 2 rings (SSSR count). The van der Waals surface area contributed by atoms with Crippen LogP contribution in [0.25, 0.3) is 11.3 Å². The Labute approximate surface area is 101 Å². The summed E-state index contributed by atoms with van der Waals surface area (Å²) in [5.74, 6) is 0.834. The number of pyridine rings is 1. The largest absolute Gasteiger partial charge is 0.507 e. The van der Waals surface area contributed by atoms with Crippen LogP contribution in [0, 0.1) is 0 Å². The summed E-state index contributed by atoms with van der Waals surface area (Å²) >= 11 is 0. The second-order valence-corrected chi connectivity index (χ2v) is 4.03. The standard InChI is InChI=1S/C14H15NO2/c1-10(2)17-13-8-5-7-12(16)14(13)11-6-3-4-9-15-11/h3-10,16H,1-2H3. The second-order valence-electron chi connectivity index (χ2n) is 4.03. The lowest BCUT2D eigenvalue weighted by Crippen LogP contribution is -2.06. The minimum Gasteiger partial charge on any atom is -0.507 e. The van der Waals surface area contributed by atoms with E-state index in [9.17, 15) is 5.11 Å². The molecular formula is C14H15NO2. The Bertz CT molecular complexity index is 495. The van der Waals surface area contributed by atoms with Gasteiger partial charge in [0.1, 0.15) is 11.5 Å². The summed E-state index contributed by atoms with van der Waals surface area (Å²) in [5.41, 5.74) is 1.35. The normalized spacial score (nSPS) is 10.5. The Morgan fingerprint density at radius 2 is 1.94 bits per heavy atom. The van der Waals surface area contributed by atoms with E-state index in [4.69, 9.17) is 4.74 Å². The number of phenolic OH excluding ortho intramolecular Hbond substituents is 1. The number of nitrogens with zero attached hydrogens (tertiary/aromatic N) is 1. The smallest absolute Gasteiger partial charge is 0.132 e. The average molecular weight is 229 g/mol. The van der Waals surface area contributed by atoms with Crippen molar-refractivity contribution < 1.29 is 9.84 Å². The lowest BCUT2D eigenvalue weighted by Gasteiger charge is -2.14. The molecule has 0 saturated carbocycles. The van der Waals surface area contributed by atoms with E-state index in [0.717, 1.165) is 0 Å². The molecule has 1 aromatic carbocycles. The molecule has 0 aliphatic carbocycles. The van der Waals surface area contributed by atoms with Gasteiger partial charge >= 0.3 is 0 Å². The fourth-order valence-corrected chi connectivity index (χ4v) is 1.64. The molecule has 0 spiro atoms. The molecule has 3 nitrogen and oxygen atoms in total. The Kier molecular flexibility index (Phi) is 3.28. The molecule has 3 heteroatoms. The van der Waals surface area contributed by atoms with Gasteiger partial charge in [-0.2, -0.15) is 0 Å². The van der Waals surface area contributed by atoms with Gasteiger partial charge in [0.05, 0.1) is 17.4 Å². The molecule has 0 aliphatic rings. The maximum absolute atomic E-state index is 9.94. The number of ether oxygens (including phenoxy) is 1. The van der Waals surface area contributed by atoms with E-state index in [-0.39, 0.29) is 11.9 Å². The maximum atomic E-state index is 9.94. The van der Waals surface area contributed by atoms with Crippen molar-refractivity contribution in [1.82, 2.24) is 4.98 Å². The molecule has 0 unspecified atom stereocenters. The maximum Gasteiger partial charge on any atom is 0.132 e. The molecule has 0 bridgehead atoms. The van der Waals surface area contributed by atoms with Crippen LogP contribution in [0.2, 0.25) is 0 Å². The number of aromatic nitrogens is 1. The number of aromatic hydroxyl groups is 1. The van der Waals surface area contributed by atoms with E-state index in [1.54, 1.807) is 18.3 Å². The molecule has 0 aliphatic heterocycles. The Morgan fingerprint density at radius 3 is 2.59 bits per heavy atom. The molecule has 1 aromatic heterocycles. The summed E-state index contributed by atoms with van der Waals surface area (Å²) in [5, 5.41) is 9.94. The first kappa shape index (κ1) is 11.5. The summed E-state index contributed by atoms with van der Waals surface area (Å²) in [6, 6.07) is 10.8. The first-order chi connectivity index (χ1) is 8.18. The Balaban J connectivity index is 2.51. The van der Waals surface area contributed by atoms with E-state index >= 15 is 0 Å². The van der Waals surface area contributed by atoms with Crippen LogP contribution >= 0.6 is 0 Å². The molecule has 17 heavy (non-hydrogen) atoms. The molecule has 88 valence electrons. The number of hydrogen-bond acceptors (Lipinski definition) is 3. The van der Waals surface area contributed by atoms with E-state index in [2.05, 4.69) is 4.98 Å². The first-order valence-corrected chi connectivity index (χ1v) is 5.58. The first-order valence-electron chi connectivity index (χ1n) is 5.58. The summed E-state index contributed by atoms with van der Waals surface area (Å²) in [7, 11) is 0. The van der Waals surface area contributed by atoms with Gasteiger partial charge in [-0.3, -0.25) is 4.98 Å². The number of benzene rings is 1. The summed E-state index contributed by atoms with van der Waals surface area (Å²) < 4.78 is 5.68. The van der Waals surface area contributed by atoms with Crippen LogP contribution in [-0.4, -0.2) is 16.2 Å². The van der Waals surface area contributed by atoms with Gasteiger partial charge in [0.2, 0.25) is 0 Å². The molecule has 0 amide bonds. The van der Waals surface area contributed by atoms with Crippen LogP contribution < -0.4 is 4.74 Å². The van der Waals surface area contributed by atoms with Crippen molar-refractivity contribution in [3.8, 4) is 22.8 Å². The number of hydrogen-bond donors (Lipinski definition) is 1. The van der Waals surface area contributed by atoms with Gasteiger partial charge in [0.15, 0.2) is 0 Å². The van der Waals surface area contributed by atoms with Crippen molar-refractivity contribution in [2.45, 2.75) is 20.0 Å². The highest BCUT2D eigenvalue weighted by molar-refractivity contribution is 5.73. The number of rotatable bonds is 3. The van der Waals surface area contributed by atoms with Gasteiger partial charge in [0, 0.05) is 6.20 Å². The Morgan fingerprint density at radius 1 is 1.12 bits per heavy atom. The van der Waals surface area contributed by atoms with E-state index < -0.39 is 0 Å². The fraction of sp³-hybridized carbons (Fsp3) is 0.214. The van der Waals surface area contributed by atoms with Gasteiger partial charge in [0.25, 0.3) is 0 Å². The average Bonchev–Trinajstić information content (AvgIpc) is 2.29. The lowest BCUT2D eigenvalue weighted by molar-refractivity contribution is 0.242. The zero-order valence-electron chi connectivity index (χ0n) is 9.92. The Hall–Kier alpha value is -2.03. The molecule has 0 radical (unpaired) electrons. The highest BCUT2D eigenvalue weighted by atomic mass is 16.5. The van der Waals surface area contributed by atoms with Crippen LogP contribution in [0.3, 0.4) is 0 Å². The SMILES string of the molecule is CC(C)Oc1cccc(O)c1-c1ccccn1. The fourth-order valence-electron chi connectivity index (χ4n) is 1.64. The van der Waals surface area contributed by atoms with Gasteiger partial charge in [-0.05, 0) is 38.1 Å². The molecule has 0 saturated heterocycles. The molecule has 2 aromatic rings. The lowest BCUT2D eigenvalue weighted by atomic mass is 10.1. The van der Waals surface area contributed by atoms with Crippen LogP contribution in [0.5, 0.6) is 11.5 Å². The van der Waals surface area contributed by atoms with Crippen molar-refractivity contribution in [2.75, 3.05) is 0 Å². The van der Waals surface area contributed by atoms with Gasteiger partial charge in [-0.15, -0.1) is 0 Å². The summed E-state index contributed by atoms with van der Waals surface area (Å²) in [6.07, 6.45) is 1.75. The van der Waals surface area contributed by atoms with Crippen LogP contribution in [0.1, 0.15) is 13.8 Å². The predicted molar refractivity (Wildman–Crippen MR) is 67.1 cm³/mol. The minimum absolute atomic E-state index is 0.0549. The van der Waals surface area contributed by atoms with E-state index in [1.807, 2.05) is 38.1 Å². The van der Waals surface area contributed by atoms with E-state index in [0.29, 0.717) is 17.0 Å². The number of phenols is 1. The van der Waals surface area contributed by atoms with Gasteiger partial charge in [-0.25, -0.2) is 0 Å². The molecule has 0 fully saturated rings. The third kappa shape index (κ3) is 2.56. The molecule has 1 heterocycles. The van der Waals surface area contributed by atoms with Crippen molar-refractivity contribution in [2.24, 2.45) is 0 Å². The van der Waals surface area contributed by atoms with Crippen molar-refractivity contribution in [3.05, 3.63) is 42.6 Å². The monoisotopic (exact) mass is 229 g/mol. The topological polar surface area (TPSA) is 42.4 Å². The van der Waals surface area contributed by atoms with Crippen LogP contribution in [0.4, 0.5) is 0 Å². The zero-order valence-corrected chi connectivity index (χ0v) is 9.92. The quantitative estimate of drug-likeness (QED) is 0.878. The summed E-state index contributed by atoms with van der Waals surface area (Å²) in [6.45, 7) is 3.90. The van der Waals surface area contributed by atoms with Crippen molar-refractivity contribution >= 4 is 0 Å². The van der Waals surface area contributed by atoms with Gasteiger partial charge in [-0.1, -0.05) is 12.1 Å². The van der Waals surface area contributed by atoms with E-state index in [1.165, 1.54) is 0 Å². The molecular weight excluding hydrogens is 214 g/mol. The zero-order chi connectivity index (χ0) is 12.3. The summed E-state index contributed by atoms with van der Waals surface area (Å²) in [4.78, 5) is 4.24. The third-order valence-electron chi connectivity index (χ3n) is 2.29. The van der Waals surface area contributed by atoms with Crippen LogP contribution in [0.15, 0.2) is 42.6 Å². The molecule has 1 N–H and O–H groups in total. The van der Waals surface area contributed by atoms with Crippen LogP contribution in [-0.2, 0) is 0 Å². The van der Waals surface area contributed by atoms with Crippen molar-refractivity contribution in [3.63, 3.8) is 0 Å². The second kappa shape index (κ2) is 4.87. The highest BCUT2D eigenvalue weighted by Gasteiger charge is 2.13. The van der Waals surface area contributed by atoms with Crippen molar-refractivity contribution in [1.29, 1.82) is 0 Å². The minimum atomic E-state index is 0.0549.